The van der Waals surface area contributed by atoms with Crippen LogP contribution in [-0.4, -0.2) is 41.9 Å². The van der Waals surface area contributed by atoms with Gasteiger partial charge in [-0.25, -0.2) is 4.79 Å². The van der Waals surface area contributed by atoms with Gasteiger partial charge in [0.25, 0.3) is 0 Å². The average molecular weight is 655 g/mol. The third-order valence-electron chi connectivity index (χ3n) is 13.5. The normalized spacial score (nSPS) is 39.2. The summed E-state index contributed by atoms with van der Waals surface area (Å²) in [5.74, 6) is 4.31. The maximum absolute atomic E-state index is 13.6. The van der Waals surface area contributed by atoms with Crippen molar-refractivity contribution in [3.8, 4) is 0 Å². The summed E-state index contributed by atoms with van der Waals surface area (Å²) in [5.41, 5.74) is 1.22. The number of thioether (sulfide) groups is 1. The molecule has 6 heteroatoms. The minimum absolute atomic E-state index is 0.0210. The van der Waals surface area contributed by atoms with Crippen LogP contribution in [0, 0.1) is 52.3 Å². The second-order valence-corrected chi connectivity index (χ2v) is 17.1. The fourth-order valence-corrected chi connectivity index (χ4v) is 12.4. The fourth-order valence-electron chi connectivity index (χ4n) is 11.1. The van der Waals surface area contributed by atoms with E-state index in [0.29, 0.717) is 47.7 Å². The third-order valence-corrected chi connectivity index (χ3v) is 14.9. The SMILES string of the molecule is CC.CCOC(=O)C(C)CCC[C@@H](C)C1CCC2C3C(CCC21C)C1(C)CCC2(C[C@@H]1C[C@H]3OC(=O)c1ccccc1)OCCS2. The molecule has 1 aromatic rings. The van der Waals surface area contributed by atoms with Crippen LogP contribution < -0.4 is 0 Å². The third kappa shape index (κ3) is 6.82. The lowest BCUT2D eigenvalue weighted by Crippen LogP contribution is -2.60. The summed E-state index contributed by atoms with van der Waals surface area (Å²) in [6.07, 6.45) is 12.6. The number of carbonyl (C=O) groups is 2. The second-order valence-electron chi connectivity index (χ2n) is 15.6. The van der Waals surface area contributed by atoms with E-state index in [-0.39, 0.29) is 39.7 Å². The topological polar surface area (TPSA) is 61.8 Å². The number of hydrogen-bond acceptors (Lipinski definition) is 6. The highest BCUT2D eigenvalue weighted by molar-refractivity contribution is 8.00. The van der Waals surface area contributed by atoms with Gasteiger partial charge in [-0.15, -0.1) is 11.8 Å². The molecule has 1 aliphatic heterocycles. The van der Waals surface area contributed by atoms with Crippen molar-refractivity contribution in [2.45, 2.75) is 130 Å². The van der Waals surface area contributed by atoms with Crippen molar-refractivity contribution in [3.63, 3.8) is 0 Å². The van der Waals surface area contributed by atoms with Crippen LogP contribution in [0.5, 0.6) is 0 Å². The number of fused-ring (bicyclic) bond motifs is 5. The molecule has 11 atom stereocenters. The van der Waals surface area contributed by atoms with Gasteiger partial charge in [0.1, 0.15) is 11.0 Å². The zero-order chi connectivity index (χ0) is 33.1. The Morgan fingerprint density at radius 2 is 1.72 bits per heavy atom. The van der Waals surface area contributed by atoms with E-state index in [9.17, 15) is 9.59 Å². The summed E-state index contributed by atoms with van der Waals surface area (Å²) >= 11 is 2.04. The molecular formula is C40H62O5S. The zero-order valence-electron chi connectivity index (χ0n) is 29.9. The molecular weight excluding hydrogens is 593 g/mol. The van der Waals surface area contributed by atoms with Gasteiger partial charge in [-0.2, -0.15) is 0 Å². The minimum atomic E-state index is -0.152. The lowest BCUT2D eigenvalue weighted by atomic mass is 9.43. The molecule has 46 heavy (non-hydrogen) atoms. The number of rotatable bonds is 9. The van der Waals surface area contributed by atoms with Crippen molar-refractivity contribution in [1.29, 1.82) is 0 Å². The Morgan fingerprint density at radius 1 is 0.978 bits per heavy atom. The van der Waals surface area contributed by atoms with E-state index < -0.39 is 0 Å². The molecule has 5 fully saturated rings. The van der Waals surface area contributed by atoms with Gasteiger partial charge in [-0.1, -0.05) is 72.6 Å². The van der Waals surface area contributed by atoms with Gasteiger partial charge in [0.05, 0.1) is 24.7 Å². The van der Waals surface area contributed by atoms with Crippen molar-refractivity contribution in [1.82, 2.24) is 0 Å². The van der Waals surface area contributed by atoms with Crippen LogP contribution in [0.25, 0.3) is 0 Å². The summed E-state index contributed by atoms with van der Waals surface area (Å²) in [7, 11) is 0. The van der Waals surface area contributed by atoms with Crippen LogP contribution in [0.15, 0.2) is 30.3 Å². The predicted molar refractivity (Wildman–Crippen MR) is 188 cm³/mol. The summed E-state index contributed by atoms with van der Waals surface area (Å²) in [5, 5.41) is 0. The number of carbonyl (C=O) groups excluding carboxylic acids is 2. The molecule has 4 aliphatic carbocycles. The van der Waals surface area contributed by atoms with E-state index in [1.807, 2.05) is 69.8 Å². The van der Waals surface area contributed by atoms with Crippen molar-refractivity contribution in [2.24, 2.45) is 52.3 Å². The molecule has 1 aromatic carbocycles. The Morgan fingerprint density at radius 3 is 2.41 bits per heavy atom. The van der Waals surface area contributed by atoms with E-state index >= 15 is 0 Å². The first-order valence-electron chi connectivity index (χ1n) is 18.8. The standard InChI is InChI=1S/C38H56O5S.C2H6/c1-6-41-34(39)26(3)12-10-11-25(2)29-15-16-30-33-31(17-18-37(29,30)5)36(4)19-20-38(42-21-22-44-38)24-28(36)23-32(33)43-35(40)27-13-8-7-9-14-27;1-2/h7-9,13-14,25-26,28-33H,6,10-12,15-24H2,1-5H3;1-2H3/t25-,26?,28+,29?,30?,31?,32-,33?,36?,37?,38?;/m1./s1. The van der Waals surface area contributed by atoms with Crippen molar-refractivity contribution in [2.75, 3.05) is 19.0 Å². The molecule has 5 aliphatic rings. The van der Waals surface area contributed by atoms with E-state index in [0.717, 1.165) is 50.9 Å². The van der Waals surface area contributed by atoms with Crippen LogP contribution in [0.3, 0.4) is 0 Å². The highest BCUT2D eigenvalue weighted by Crippen LogP contribution is 2.70. The Balaban J connectivity index is 0.00000204. The smallest absolute Gasteiger partial charge is 0.338 e. The molecule has 4 saturated carbocycles. The first kappa shape index (κ1) is 35.8. The van der Waals surface area contributed by atoms with Crippen LogP contribution in [0.1, 0.15) is 129 Å². The second kappa shape index (κ2) is 14.9. The molecule has 0 amide bonds. The first-order valence-corrected chi connectivity index (χ1v) is 19.8. The molecule has 0 N–H and O–H groups in total. The summed E-state index contributed by atoms with van der Waals surface area (Å²) < 4.78 is 18.3. The highest BCUT2D eigenvalue weighted by atomic mass is 32.2. The van der Waals surface area contributed by atoms with Crippen molar-refractivity contribution < 1.29 is 23.8 Å². The Kier molecular flexibility index (Phi) is 11.6. The lowest BCUT2D eigenvalue weighted by molar-refractivity contribution is -0.181. The van der Waals surface area contributed by atoms with Gasteiger partial charge in [0.2, 0.25) is 0 Å². The molecule has 6 rings (SSSR count). The van der Waals surface area contributed by atoms with Crippen LogP contribution in [0.4, 0.5) is 0 Å². The lowest BCUT2D eigenvalue weighted by Gasteiger charge is -2.63. The van der Waals surface area contributed by atoms with E-state index in [2.05, 4.69) is 20.8 Å². The quantitative estimate of drug-likeness (QED) is 0.247. The number of esters is 2. The van der Waals surface area contributed by atoms with Crippen molar-refractivity contribution in [3.05, 3.63) is 35.9 Å². The van der Waals surface area contributed by atoms with E-state index in [4.69, 9.17) is 14.2 Å². The fraction of sp³-hybridized carbons (Fsp3) is 0.800. The van der Waals surface area contributed by atoms with Gasteiger partial charge in [0.15, 0.2) is 0 Å². The Labute approximate surface area is 284 Å². The first-order chi connectivity index (χ1) is 22.1. The summed E-state index contributed by atoms with van der Waals surface area (Å²) in [4.78, 5) is 25.8. The van der Waals surface area contributed by atoms with Gasteiger partial charge in [-0.3, -0.25) is 4.79 Å². The van der Waals surface area contributed by atoms with E-state index in [1.165, 1.54) is 32.1 Å². The molecule has 0 bridgehead atoms. The van der Waals surface area contributed by atoms with Crippen LogP contribution in [-0.2, 0) is 19.0 Å². The molecule has 0 radical (unpaired) electrons. The molecule has 0 aromatic heterocycles. The van der Waals surface area contributed by atoms with Gasteiger partial charge in [-0.05, 0) is 117 Å². The number of benzene rings is 1. The predicted octanol–water partition coefficient (Wildman–Crippen LogP) is 9.97. The molecule has 258 valence electrons. The van der Waals surface area contributed by atoms with E-state index in [1.54, 1.807) is 0 Å². The molecule has 1 heterocycles. The van der Waals surface area contributed by atoms with Crippen LogP contribution in [0.2, 0.25) is 0 Å². The maximum atomic E-state index is 13.6. The molecule has 5 nitrogen and oxygen atoms in total. The monoisotopic (exact) mass is 654 g/mol. The minimum Gasteiger partial charge on any atom is -0.466 e. The van der Waals surface area contributed by atoms with Gasteiger partial charge < -0.3 is 14.2 Å². The maximum Gasteiger partial charge on any atom is 0.338 e. The number of ether oxygens (including phenoxy) is 3. The largest absolute Gasteiger partial charge is 0.466 e. The zero-order valence-corrected chi connectivity index (χ0v) is 30.7. The van der Waals surface area contributed by atoms with Crippen molar-refractivity contribution >= 4 is 23.7 Å². The molecule has 1 saturated heterocycles. The average Bonchev–Trinajstić information content (AvgIpc) is 3.67. The summed E-state index contributed by atoms with van der Waals surface area (Å²) in [6, 6.07) is 9.62. The highest BCUT2D eigenvalue weighted by Gasteiger charge is 2.65. The Hall–Kier alpha value is -1.53. The Bertz CT molecular complexity index is 1170. The van der Waals surface area contributed by atoms with Crippen LogP contribution >= 0.6 is 11.8 Å². The summed E-state index contributed by atoms with van der Waals surface area (Å²) in [6.45, 7) is 16.9. The molecule has 8 unspecified atom stereocenters. The van der Waals surface area contributed by atoms with Gasteiger partial charge >= 0.3 is 11.9 Å². The molecule has 1 spiro atoms. The number of hydrogen-bond donors (Lipinski definition) is 0. The van der Waals surface area contributed by atoms with Gasteiger partial charge in [0, 0.05) is 11.7 Å².